The van der Waals surface area contributed by atoms with Gasteiger partial charge in [0.05, 0.1) is 17.8 Å². The van der Waals surface area contributed by atoms with E-state index in [1.54, 1.807) is 6.92 Å². The van der Waals surface area contributed by atoms with Gasteiger partial charge in [-0.25, -0.2) is 0 Å². The van der Waals surface area contributed by atoms with E-state index in [1.165, 1.54) is 5.57 Å². The summed E-state index contributed by atoms with van der Waals surface area (Å²) in [5.74, 6) is 1.82. The zero-order chi connectivity index (χ0) is 17.3. The van der Waals surface area contributed by atoms with Gasteiger partial charge in [-0.15, -0.1) is 0 Å². The van der Waals surface area contributed by atoms with Gasteiger partial charge in [-0.05, 0) is 81.5 Å². The van der Waals surface area contributed by atoms with Crippen molar-refractivity contribution in [2.45, 2.75) is 89.9 Å². The molecule has 2 unspecified atom stereocenters. The lowest BCUT2D eigenvalue weighted by Crippen LogP contribution is -2.58. The molecule has 8 atom stereocenters. The Hall–Kier alpha value is -0.380. The lowest BCUT2D eigenvalue weighted by molar-refractivity contribution is -0.170. The SMILES string of the molecule is CC(O)[C@@]1(O)CC[C@H]2[C@@H]3CC=C4CC(O)CC[C@]4(C)[C@H]3CC[C@@]21C. The minimum atomic E-state index is -0.920. The smallest absolute Gasteiger partial charge is 0.0958 e. The van der Waals surface area contributed by atoms with Crippen LogP contribution in [0.15, 0.2) is 11.6 Å². The lowest BCUT2D eigenvalue weighted by Gasteiger charge is -2.59. The molecule has 24 heavy (non-hydrogen) atoms. The molecule has 0 saturated heterocycles. The number of fused-ring (bicyclic) bond motifs is 5. The van der Waals surface area contributed by atoms with Crippen LogP contribution < -0.4 is 0 Å². The van der Waals surface area contributed by atoms with Gasteiger partial charge in [-0.3, -0.25) is 0 Å². The van der Waals surface area contributed by atoms with E-state index in [0.717, 1.165) is 51.4 Å². The monoisotopic (exact) mass is 334 g/mol. The van der Waals surface area contributed by atoms with Gasteiger partial charge in [0.25, 0.3) is 0 Å². The second-order valence-corrected chi connectivity index (χ2v) is 9.75. The average Bonchev–Trinajstić information content (AvgIpc) is 2.81. The second kappa shape index (κ2) is 5.31. The third-order valence-corrected chi connectivity index (χ3v) is 8.98. The first kappa shape index (κ1) is 17.1. The first-order valence-electron chi connectivity index (χ1n) is 10.0. The minimum Gasteiger partial charge on any atom is -0.393 e. The molecule has 0 bridgehead atoms. The van der Waals surface area contributed by atoms with Crippen LogP contribution in [0.3, 0.4) is 0 Å². The van der Waals surface area contributed by atoms with Crippen molar-refractivity contribution in [2.75, 3.05) is 0 Å². The van der Waals surface area contributed by atoms with E-state index in [9.17, 15) is 15.3 Å². The van der Waals surface area contributed by atoms with Crippen molar-refractivity contribution in [2.24, 2.45) is 28.6 Å². The molecular formula is C21H34O3. The van der Waals surface area contributed by atoms with Crippen molar-refractivity contribution in [1.29, 1.82) is 0 Å². The molecular weight excluding hydrogens is 300 g/mol. The highest BCUT2D eigenvalue weighted by molar-refractivity contribution is 5.26. The molecule has 0 radical (unpaired) electrons. The molecule has 0 aromatic heterocycles. The number of aliphatic hydroxyl groups is 3. The Morgan fingerprint density at radius 1 is 1.08 bits per heavy atom. The maximum atomic E-state index is 11.2. The largest absolute Gasteiger partial charge is 0.393 e. The molecule has 0 spiro atoms. The van der Waals surface area contributed by atoms with Crippen LogP contribution in [-0.2, 0) is 0 Å². The molecule has 4 rings (SSSR count). The van der Waals surface area contributed by atoms with Crippen LogP contribution in [0.4, 0.5) is 0 Å². The van der Waals surface area contributed by atoms with Crippen molar-refractivity contribution in [3.63, 3.8) is 0 Å². The topological polar surface area (TPSA) is 60.7 Å². The molecule has 0 amide bonds. The predicted octanol–water partition coefficient (Wildman–Crippen LogP) is 3.42. The lowest BCUT2D eigenvalue weighted by atomic mass is 9.46. The maximum absolute atomic E-state index is 11.2. The van der Waals surface area contributed by atoms with Crippen LogP contribution in [0.5, 0.6) is 0 Å². The standard InChI is InChI=1S/C21H34O3/c1-13(22)21(24)11-8-18-16-5-4-14-12-15(23)6-9-19(14,2)17(16)7-10-20(18,21)3/h4,13,15-18,22-24H,5-12H2,1-3H3/t13?,15?,16-,17+,18+,19+,20+,21+/m1/s1. The van der Waals surface area contributed by atoms with Gasteiger partial charge in [0.1, 0.15) is 0 Å². The zero-order valence-corrected chi connectivity index (χ0v) is 15.5. The summed E-state index contributed by atoms with van der Waals surface area (Å²) in [4.78, 5) is 0. The van der Waals surface area contributed by atoms with Gasteiger partial charge in [0, 0.05) is 5.41 Å². The molecule has 0 aromatic rings. The maximum Gasteiger partial charge on any atom is 0.0958 e. The van der Waals surface area contributed by atoms with E-state index in [1.807, 2.05) is 0 Å². The Balaban J connectivity index is 1.68. The molecule has 4 aliphatic carbocycles. The third kappa shape index (κ3) is 2.01. The van der Waals surface area contributed by atoms with Crippen LogP contribution in [0.25, 0.3) is 0 Å². The van der Waals surface area contributed by atoms with E-state index in [0.29, 0.717) is 17.8 Å². The Morgan fingerprint density at radius 2 is 1.79 bits per heavy atom. The first-order chi connectivity index (χ1) is 11.2. The summed E-state index contributed by atoms with van der Waals surface area (Å²) in [5, 5.41) is 31.6. The van der Waals surface area contributed by atoms with Gasteiger partial charge < -0.3 is 15.3 Å². The van der Waals surface area contributed by atoms with E-state index < -0.39 is 11.7 Å². The first-order valence-corrected chi connectivity index (χ1v) is 10.0. The fourth-order valence-corrected chi connectivity index (χ4v) is 7.38. The summed E-state index contributed by atoms with van der Waals surface area (Å²) < 4.78 is 0. The number of rotatable bonds is 1. The highest BCUT2D eigenvalue weighted by Crippen LogP contribution is 2.67. The minimum absolute atomic E-state index is 0.151. The molecule has 136 valence electrons. The molecule has 3 fully saturated rings. The summed E-state index contributed by atoms with van der Waals surface area (Å²) in [5.41, 5.74) is 0.665. The molecule has 3 nitrogen and oxygen atoms in total. The van der Waals surface area contributed by atoms with Crippen molar-refractivity contribution in [1.82, 2.24) is 0 Å². The Morgan fingerprint density at radius 3 is 2.50 bits per heavy atom. The van der Waals surface area contributed by atoms with Crippen molar-refractivity contribution in [3.05, 3.63) is 11.6 Å². The number of aliphatic hydroxyl groups excluding tert-OH is 2. The van der Waals surface area contributed by atoms with Crippen LogP contribution >= 0.6 is 0 Å². The van der Waals surface area contributed by atoms with Crippen LogP contribution in [0.2, 0.25) is 0 Å². The molecule has 4 aliphatic rings. The van der Waals surface area contributed by atoms with Crippen LogP contribution in [0, 0.1) is 28.6 Å². The summed E-state index contributed by atoms with van der Waals surface area (Å²) in [6.07, 6.45) is 9.56. The normalized spacial score (nSPS) is 55.2. The molecule has 0 heterocycles. The van der Waals surface area contributed by atoms with E-state index in [-0.39, 0.29) is 16.9 Å². The van der Waals surface area contributed by atoms with E-state index in [2.05, 4.69) is 19.9 Å². The third-order valence-electron chi connectivity index (χ3n) is 8.98. The molecule has 0 aliphatic heterocycles. The van der Waals surface area contributed by atoms with Crippen molar-refractivity contribution < 1.29 is 15.3 Å². The fourth-order valence-electron chi connectivity index (χ4n) is 7.38. The number of hydrogen-bond donors (Lipinski definition) is 3. The highest BCUT2D eigenvalue weighted by atomic mass is 16.3. The average molecular weight is 335 g/mol. The summed E-state index contributed by atoms with van der Waals surface area (Å²) in [6, 6.07) is 0. The quantitative estimate of drug-likeness (QED) is 0.644. The van der Waals surface area contributed by atoms with Gasteiger partial charge in [0.2, 0.25) is 0 Å². The summed E-state index contributed by atoms with van der Waals surface area (Å²) in [6.45, 7) is 6.43. The molecule has 3 N–H and O–H groups in total. The summed E-state index contributed by atoms with van der Waals surface area (Å²) >= 11 is 0. The Bertz CT molecular complexity index is 555. The van der Waals surface area contributed by atoms with Crippen molar-refractivity contribution in [3.8, 4) is 0 Å². The van der Waals surface area contributed by atoms with Gasteiger partial charge in [-0.1, -0.05) is 25.5 Å². The van der Waals surface area contributed by atoms with Crippen LogP contribution in [-0.4, -0.2) is 33.1 Å². The van der Waals surface area contributed by atoms with E-state index in [4.69, 9.17) is 0 Å². The molecule has 3 heteroatoms. The van der Waals surface area contributed by atoms with Crippen LogP contribution in [0.1, 0.15) is 72.1 Å². The Labute approximate surface area is 146 Å². The fraction of sp³-hybridized carbons (Fsp3) is 0.905. The number of hydrogen-bond acceptors (Lipinski definition) is 3. The predicted molar refractivity (Wildman–Crippen MR) is 94.3 cm³/mol. The highest BCUT2D eigenvalue weighted by Gasteiger charge is 2.64. The summed E-state index contributed by atoms with van der Waals surface area (Å²) in [7, 11) is 0. The van der Waals surface area contributed by atoms with E-state index >= 15 is 0 Å². The van der Waals surface area contributed by atoms with Gasteiger partial charge in [0.15, 0.2) is 0 Å². The zero-order valence-electron chi connectivity index (χ0n) is 15.5. The molecule has 0 aromatic carbocycles. The number of allylic oxidation sites excluding steroid dienone is 1. The van der Waals surface area contributed by atoms with Gasteiger partial charge in [-0.2, -0.15) is 0 Å². The van der Waals surface area contributed by atoms with Crippen molar-refractivity contribution >= 4 is 0 Å². The van der Waals surface area contributed by atoms with Gasteiger partial charge >= 0.3 is 0 Å². The Kier molecular flexibility index (Phi) is 3.77. The molecule has 3 saturated carbocycles. The second-order valence-electron chi connectivity index (χ2n) is 9.75.